The van der Waals surface area contributed by atoms with E-state index in [1.807, 2.05) is 11.0 Å². The molecule has 1 fully saturated rings. The summed E-state index contributed by atoms with van der Waals surface area (Å²) in [5.41, 5.74) is 0.500. The fourth-order valence-corrected chi connectivity index (χ4v) is 3.58. The first kappa shape index (κ1) is 13.8. The highest BCUT2D eigenvalue weighted by Crippen LogP contribution is 2.21. The summed E-state index contributed by atoms with van der Waals surface area (Å²) in [5.74, 6) is 0.716. The standard InChI is InChI=1S/C12H16N4O2S/c1-2-15-19(17,18)11-5-6-16(9-11)12-4-3-10(7-13)8-14-12/h3-4,8,11,15H,2,5-6,9H2,1H3. The molecule has 1 unspecified atom stereocenters. The molecule has 19 heavy (non-hydrogen) atoms. The monoisotopic (exact) mass is 280 g/mol. The Morgan fingerprint density at radius 1 is 1.58 bits per heavy atom. The number of pyridine rings is 1. The van der Waals surface area contributed by atoms with E-state index in [2.05, 4.69) is 9.71 Å². The normalized spacial score (nSPS) is 19.4. The highest BCUT2D eigenvalue weighted by molar-refractivity contribution is 7.90. The molecule has 2 rings (SSSR count). The van der Waals surface area contributed by atoms with E-state index in [-0.39, 0.29) is 0 Å². The molecule has 0 spiro atoms. The van der Waals surface area contributed by atoms with Crippen LogP contribution in [0.15, 0.2) is 18.3 Å². The summed E-state index contributed by atoms with van der Waals surface area (Å²) in [4.78, 5) is 6.11. The molecule has 7 heteroatoms. The zero-order valence-corrected chi connectivity index (χ0v) is 11.5. The van der Waals surface area contributed by atoms with E-state index in [1.54, 1.807) is 19.1 Å². The van der Waals surface area contributed by atoms with Crippen molar-refractivity contribution in [2.75, 3.05) is 24.5 Å². The van der Waals surface area contributed by atoms with E-state index < -0.39 is 15.3 Å². The zero-order chi connectivity index (χ0) is 13.9. The van der Waals surface area contributed by atoms with Crippen molar-refractivity contribution in [1.29, 1.82) is 5.26 Å². The third kappa shape index (κ3) is 3.03. The number of nitrogens with one attached hydrogen (secondary N) is 1. The highest BCUT2D eigenvalue weighted by atomic mass is 32.2. The summed E-state index contributed by atoms with van der Waals surface area (Å²) < 4.78 is 26.4. The maximum Gasteiger partial charge on any atom is 0.216 e. The molecule has 0 bridgehead atoms. The third-order valence-electron chi connectivity index (χ3n) is 3.13. The van der Waals surface area contributed by atoms with Gasteiger partial charge in [-0.3, -0.25) is 0 Å². The Hall–Kier alpha value is -1.65. The summed E-state index contributed by atoms with van der Waals surface area (Å²) in [6.07, 6.45) is 2.10. The van der Waals surface area contributed by atoms with Crippen molar-refractivity contribution in [2.24, 2.45) is 0 Å². The zero-order valence-electron chi connectivity index (χ0n) is 10.7. The lowest BCUT2D eigenvalue weighted by molar-refractivity contribution is 0.571. The number of anilines is 1. The molecule has 0 aliphatic carbocycles. The second-order valence-electron chi connectivity index (χ2n) is 4.42. The molecule has 0 saturated carbocycles. The topological polar surface area (TPSA) is 86.1 Å². The molecule has 1 N–H and O–H groups in total. The molecule has 6 nitrogen and oxygen atoms in total. The molecular formula is C12H16N4O2S. The number of sulfonamides is 1. The lowest BCUT2D eigenvalue weighted by Crippen LogP contribution is -2.36. The van der Waals surface area contributed by atoms with Gasteiger partial charge in [-0.15, -0.1) is 0 Å². The minimum absolute atomic E-state index is 0.398. The van der Waals surface area contributed by atoms with Crippen LogP contribution in [0.2, 0.25) is 0 Å². The third-order valence-corrected chi connectivity index (χ3v) is 5.08. The molecule has 1 aromatic rings. The molecule has 1 saturated heterocycles. The van der Waals surface area contributed by atoms with Crippen LogP contribution in [0.5, 0.6) is 0 Å². The fraction of sp³-hybridized carbons (Fsp3) is 0.500. The lowest BCUT2D eigenvalue weighted by Gasteiger charge is -2.17. The van der Waals surface area contributed by atoms with Gasteiger partial charge in [0.25, 0.3) is 0 Å². The quantitative estimate of drug-likeness (QED) is 0.866. The van der Waals surface area contributed by atoms with Gasteiger partial charge in [-0.25, -0.2) is 18.1 Å². The van der Waals surface area contributed by atoms with E-state index in [4.69, 9.17) is 5.26 Å². The van der Waals surface area contributed by atoms with Gasteiger partial charge in [-0.2, -0.15) is 5.26 Å². The molecular weight excluding hydrogens is 264 g/mol. The predicted octanol–water partition coefficient (Wildman–Crippen LogP) is 0.471. The van der Waals surface area contributed by atoms with Gasteiger partial charge in [-0.1, -0.05) is 6.92 Å². The summed E-state index contributed by atoms with van der Waals surface area (Å²) in [6.45, 7) is 3.28. The van der Waals surface area contributed by atoms with Crippen molar-refractivity contribution in [3.05, 3.63) is 23.9 Å². The van der Waals surface area contributed by atoms with Crippen LogP contribution in [0.3, 0.4) is 0 Å². The van der Waals surface area contributed by atoms with Crippen LogP contribution >= 0.6 is 0 Å². The number of nitriles is 1. The van der Waals surface area contributed by atoms with Crippen LogP contribution in [-0.4, -0.2) is 38.3 Å². The SMILES string of the molecule is CCNS(=O)(=O)C1CCN(c2ccc(C#N)cn2)C1. The number of hydrogen-bond donors (Lipinski definition) is 1. The van der Waals surface area contributed by atoms with E-state index >= 15 is 0 Å². The van der Waals surface area contributed by atoms with Crippen LogP contribution in [0.25, 0.3) is 0 Å². The lowest BCUT2D eigenvalue weighted by atomic mass is 10.3. The largest absolute Gasteiger partial charge is 0.355 e. The first-order chi connectivity index (χ1) is 9.06. The minimum Gasteiger partial charge on any atom is -0.355 e. The van der Waals surface area contributed by atoms with Gasteiger partial charge in [0.2, 0.25) is 10.0 Å². The van der Waals surface area contributed by atoms with Gasteiger partial charge < -0.3 is 4.90 Å². The number of hydrogen-bond acceptors (Lipinski definition) is 5. The van der Waals surface area contributed by atoms with Crippen molar-refractivity contribution in [1.82, 2.24) is 9.71 Å². The number of nitrogens with zero attached hydrogens (tertiary/aromatic N) is 3. The second kappa shape index (κ2) is 5.55. The van der Waals surface area contributed by atoms with Crippen molar-refractivity contribution in [3.63, 3.8) is 0 Å². The summed E-state index contributed by atoms with van der Waals surface area (Å²) in [6, 6.07) is 5.45. The van der Waals surface area contributed by atoms with Crippen LogP contribution in [0.1, 0.15) is 18.9 Å². The maximum absolute atomic E-state index is 11.9. The Labute approximate surface area is 113 Å². The van der Waals surface area contributed by atoms with Crippen LogP contribution in [0, 0.1) is 11.3 Å². The molecule has 1 aromatic heterocycles. The van der Waals surface area contributed by atoms with Gasteiger partial charge in [0.05, 0.1) is 10.8 Å². The van der Waals surface area contributed by atoms with Gasteiger partial charge in [0.15, 0.2) is 0 Å². The minimum atomic E-state index is -3.24. The summed E-state index contributed by atoms with van der Waals surface area (Å²) >= 11 is 0. The van der Waals surface area contributed by atoms with Crippen LogP contribution < -0.4 is 9.62 Å². The van der Waals surface area contributed by atoms with E-state index in [9.17, 15) is 8.42 Å². The molecule has 0 aromatic carbocycles. The highest BCUT2D eigenvalue weighted by Gasteiger charge is 2.33. The molecule has 1 aliphatic heterocycles. The first-order valence-corrected chi connectivity index (χ1v) is 7.71. The first-order valence-electron chi connectivity index (χ1n) is 6.16. The van der Waals surface area contributed by atoms with Crippen molar-refractivity contribution < 1.29 is 8.42 Å². The van der Waals surface area contributed by atoms with Crippen molar-refractivity contribution in [2.45, 2.75) is 18.6 Å². The Morgan fingerprint density at radius 3 is 2.95 bits per heavy atom. The Morgan fingerprint density at radius 2 is 2.37 bits per heavy atom. The molecule has 0 radical (unpaired) electrons. The second-order valence-corrected chi connectivity index (χ2v) is 6.46. The van der Waals surface area contributed by atoms with E-state index in [0.717, 1.165) is 0 Å². The molecule has 1 atom stereocenters. The number of rotatable bonds is 4. The Balaban J connectivity index is 2.08. The molecule has 2 heterocycles. The van der Waals surface area contributed by atoms with E-state index in [1.165, 1.54) is 6.20 Å². The van der Waals surface area contributed by atoms with Gasteiger partial charge in [-0.05, 0) is 18.6 Å². The van der Waals surface area contributed by atoms with Crippen molar-refractivity contribution >= 4 is 15.8 Å². The molecule has 0 amide bonds. The summed E-state index contributed by atoms with van der Waals surface area (Å²) in [5, 5.41) is 8.31. The van der Waals surface area contributed by atoms with Gasteiger partial charge >= 0.3 is 0 Å². The van der Waals surface area contributed by atoms with Gasteiger partial charge in [0, 0.05) is 25.8 Å². The smallest absolute Gasteiger partial charge is 0.216 e. The maximum atomic E-state index is 11.9. The number of aromatic nitrogens is 1. The average Bonchev–Trinajstić information content (AvgIpc) is 2.89. The molecule has 1 aliphatic rings. The Bertz CT molecular complexity index is 577. The van der Waals surface area contributed by atoms with Gasteiger partial charge in [0.1, 0.15) is 11.9 Å². The summed E-state index contributed by atoms with van der Waals surface area (Å²) in [7, 11) is -3.24. The van der Waals surface area contributed by atoms with E-state index in [0.29, 0.717) is 37.4 Å². The van der Waals surface area contributed by atoms with Crippen LogP contribution in [-0.2, 0) is 10.0 Å². The molecule has 102 valence electrons. The average molecular weight is 280 g/mol. The fourth-order valence-electron chi connectivity index (χ4n) is 2.15. The Kier molecular flexibility index (Phi) is 4.02. The predicted molar refractivity (Wildman–Crippen MR) is 72.2 cm³/mol. The van der Waals surface area contributed by atoms with Crippen molar-refractivity contribution in [3.8, 4) is 6.07 Å². The van der Waals surface area contributed by atoms with Crippen LogP contribution in [0.4, 0.5) is 5.82 Å².